The van der Waals surface area contributed by atoms with Gasteiger partial charge >= 0.3 is 0 Å². The van der Waals surface area contributed by atoms with E-state index in [1.54, 1.807) is 4.31 Å². The third-order valence-electron chi connectivity index (χ3n) is 3.36. The Bertz CT molecular complexity index is 315. The van der Waals surface area contributed by atoms with Gasteiger partial charge in [-0.05, 0) is 44.6 Å². The molecule has 1 atom stereocenters. The summed E-state index contributed by atoms with van der Waals surface area (Å²) in [5, 5.41) is -0.0610. The summed E-state index contributed by atoms with van der Waals surface area (Å²) < 4.78 is 25.7. The second-order valence-electron chi connectivity index (χ2n) is 4.69. The Labute approximate surface area is 104 Å². The van der Waals surface area contributed by atoms with E-state index < -0.39 is 10.0 Å². The third-order valence-corrected chi connectivity index (χ3v) is 5.73. The van der Waals surface area contributed by atoms with Gasteiger partial charge in [0, 0.05) is 13.1 Å². The molecule has 1 aliphatic carbocycles. The Morgan fingerprint density at radius 3 is 2.50 bits per heavy atom. The Morgan fingerprint density at radius 1 is 1.25 bits per heavy atom. The normalized spacial score (nSPS) is 27.4. The van der Waals surface area contributed by atoms with Gasteiger partial charge in [0.1, 0.15) is 0 Å². The maximum Gasteiger partial charge on any atom is 0.216 e. The van der Waals surface area contributed by atoms with Crippen LogP contribution in [-0.4, -0.2) is 37.6 Å². The van der Waals surface area contributed by atoms with Crippen molar-refractivity contribution in [3.8, 4) is 0 Å². The lowest BCUT2D eigenvalue weighted by molar-refractivity contribution is 0.258. The lowest BCUT2D eigenvalue weighted by Crippen LogP contribution is -2.41. The summed E-state index contributed by atoms with van der Waals surface area (Å²) in [6.07, 6.45) is 4.81. The molecule has 4 nitrogen and oxygen atoms in total. The quantitative estimate of drug-likeness (QED) is 0.826. The summed E-state index contributed by atoms with van der Waals surface area (Å²) in [4.78, 5) is 0. The molecule has 16 heavy (non-hydrogen) atoms. The van der Waals surface area contributed by atoms with Gasteiger partial charge in [0.15, 0.2) is 0 Å². The topological polar surface area (TPSA) is 63.4 Å². The van der Waals surface area contributed by atoms with E-state index in [9.17, 15) is 8.42 Å². The molecular weight excluding hydrogens is 248 g/mol. The van der Waals surface area contributed by atoms with Crippen molar-refractivity contribution in [2.75, 3.05) is 19.6 Å². The van der Waals surface area contributed by atoms with Gasteiger partial charge < -0.3 is 5.73 Å². The minimum absolute atomic E-state index is 0. The predicted molar refractivity (Wildman–Crippen MR) is 67.2 cm³/mol. The minimum Gasteiger partial charge on any atom is -0.330 e. The molecule has 96 valence electrons. The van der Waals surface area contributed by atoms with Gasteiger partial charge in [-0.3, -0.25) is 0 Å². The molecule has 2 rings (SSSR count). The summed E-state index contributed by atoms with van der Waals surface area (Å²) in [6.45, 7) is 2.10. The van der Waals surface area contributed by atoms with Crippen LogP contribution in [0.4, 0.5) is 0 Å². The molecule has 0 aromatic rings. The first-order valence-electron chi connectivity index (χ1n) is 5.83. The Kier molecular flexibility index (Phi) is 5.04. The van der Waals surface area contributed by atoms with Crippen molar-refractivity contribution in [3.63, 3.8) is 0 Å². The van der Waals surface area contributed by atoms with Gasteiger partial charge in [-0.25, -0.2) is 12.7 Å². The molecule has 1 saturated carbocycles. The number of hydrogen-bond acceptors (Lipinski definition) is 3. The van der Waals surface area contributed by atoms with E-state index in [-0.39, 0.29) is 17.7 Å². The molecule has 0 bridgehead atoms. The second-order valence-corrected chi connectivity index (χ2v) is 6.90. The van der Waals surface area contributed by atoms with Gasteiger partial charge in [-0.1, -0.05) is 0 Å². The van der Waals surface area contributed by atoms with Crippen LogP contribution in [0, 0.1) is 5.92 Å². The second kappa shape index (κ2) is 5.67. The van der Waals surface area contributed by atoms with Crippen LogP contribution < -0.4 is 5.73 Å². The lowest BCUT2D eigenvalue weighted by Gasteiger charge is -2.31. The first kappa shape index (κ1) is 14.2. The molecule has 1 heterocycles. The van der Waals surface area contributed by atoms with Gasteiger partial charge in [-0.2, -0.15) is 0 Å². The number of hydrogen-bond donors (Lipinski definition) is 1. The van der Waals surface area contributed by atoms with Crippen molar-refractivity contribution >= 4 is 22.4 Å². The molecule has 0 aromatic heterocycles. The first-order valence-corrected chi connectivity index (χ1v) is 7.34. The Hall–Kier alpha value is 0.160. The number of piperidine rings is 1. The highest BCUT2D eigenvalue weighted by atomic mass is 35.5. The fourth-order valence-corrected chi connectivity index (χ4v) is 4.26. The highest BCUT2D eigenvalue weighted by molar-refractivity contribution is 7.90. The molecule has 6 heteroatoms. The number of sulfonamides is 1. The van der Waals surface area contributed by atoms with Gasteiger partial charge in [0.25, 0.3) is 0 Å². The van der Waals surface area contributed by atoms with Crippen LogP contribution in [0.3, 0.4) is 0 Å². The SMILES string of the molecule is Cl.NCCC1CCCN(S(=O)(=O)C2CC2)C1. The maximum absolute atomic E-state index is 12.0. The van der Waals surface area contributed by atoms with Crippen LogP contribution in [0.5, 0.6) is 0 Å². The minimum atomic E-state index is -2.95. The average Bonchev–Trinajstić information content (AvgIpc) is 3.02. The van der Waals surface area contributed by atoms with Gasteiger partial charge in [0.05, 0.1) is 5.25 Å². The van der Waals surface area contributed by atoms with Crippen molar-refractivity contribution in [1.29, 1.82) is 0 Å². The summed E-state index contributed by atoms with van der Waals surface area (Å²) in [6, 6.07) is 0. The van der Waals surface area contributed by atoms with Crippen molar-refractivity contribution < 1.29 is 8.42 Å². The maximum atomic E-state index is 12.0. The predicted octanol–water partition coefficient (Wildman–Crippen LogP) is 0.961. The molecule has 1 aliphatic heterocycles. The van der Waals surface area contributed by atoms with E-state index in [1.165, 1.54) is 0 Å². The summed E-state index contributed by atoms with van der Waals surface area (Å²) in [7, 11) is -2.95. The van der Waals surface area contributed by atoms with Crippen LogP contribution in [0.25, 0.3) is 0 Å². The third kappa shape index (κ3) is 3.09. The van der Waals surface area contributed by atoms with Crippen LogP contribution >= 0.6 is 12.4 Å². The van der Waals surface area contributed by atoms with Crippen LogP contribution in [0.15, 0.2) is 0 Å². The van der Waals surface area contributed by atoms with Crippen molar-refractivity contribution in [2.24, 2.45) is 11.7 Å². The largest absolute Gasteiger partial charge is 0.330 e. The molecule has 0 radical (unpaired) electrons. The standard InChI is InChI=1S/C10H20N2O2S.ClH/c11-6-5-9-2-1-7-12(8-9)15(13,14)10-3-4-10;/h9-10H,1-8,11H2;1H. The molecule has 2 fully saturated rings. The first-order chi connectivity index (χ1) is 7.14. The van der Waals surface area contributed by atoms with Crippen LogP contribution in [-0.2, 0) is 10.0 Å². The zero-order chi connectivity index (χ0) is 10.9. The smallest absolute Gasteiger partial charge is 0.216 e. The van der Waals surface area contributed by atoms with Crippen molar-refractivity contribution in [2.45, 2.75) is 37.4 Å². The number of nitrogens with zero attached hydrogens (tertiary/aromatic N) is 1. The molecule has 0 amide bonds. The molecule has 1 unspecified atom stereocenters. The van der Waals surface area contributed by atoms with Crippen LogP contribution in [0.2, 0.25) is 0 Å². The number of halogens is 1. The van der Waals surface area contributed by atoms with E-state index >= 15 is 0 Å². The molecular formula is C10H21ClN2O2S. The van der Waals surface area contributed by atoms with Crippen molar-refractivity contribution in [1.82, 2.24) is 4.31 Å². The molecule has 1 saturated heterocycles. The zero-order valence-electron chi connectivity index (χ0n) is 9.47. The lowest BCUT2D eigenvalue weighted by atomic mass is 9.96. The fraction of sp³-hybridized carbons (Fsp3) is 1.00. The summed E-state index contributed by atoms with van der Waals surface area (Å²) in [5.41, 5.74) is 5.52. The Morgan fingerprint density at radius 2 is 1.94 bits per heavy atom. The Balaban J connectivity index is 0.00000128. The average molecular weight is 269 g/mol. The van der Waals surface area contributed by atoms with E-state index in [2.05, 4.69) is 0 Å². The molecule has 0 aromatic carbocycles. The number of nitrogens with two attached hydrogens (primary N) is 1. The van der Waals surface area contributed by atoms with E-state index in [1.807, 2.05) is 0 Å². The molecule has 2 N–H and O–H groups in total. The van der Waals surface area contributed by atoms with Crippen molar-refractivity contribution in [3.05, 3.63) is 0 Å². The summed E-state index contributed by atoms with van der Waals surface area (Å²) >= 11 is 0. The summed E-state index contributed by atoms with van der Waals surface area (Å²) in [5.74, 6) is 0.484. The van der Waals surface area contributed by atoms with E-state index in [4.69, 9.17) is 5.73 Å². The van der Waals surface area contributed by atoms with E-state index in [0.717, 1.165) is 38.6 Å². The molecule has 2 aliphatic rings. The highest BCUT2D eigenvalue weighted by Gasteiger charge is 2.41. The number of rotatable bonds is 4. The monoisotopic (exact) mass is 268 g/mol. The van der Waals surface area contributed by atoms with Crippen LogP contribution in [0.1, 0.15) is 32.1 Å². The van der Waals surface area contributed by atoms with Gasteiger partial charge in [0.2, 0.25) is 10.0 Å². The molecule has 0 spiro atoms. The van der Waals surface area contributed by atoms with E-state index in [0.29, 0.717) is 19.0 Å². The van der Waals surface area contributed by atoms with Gasteiger partial charge in [-0.15, -0.1) is 12.4 Å². The highest BCUT2D eigenvalue weighted by Crippen LogP contribution is 2.33. The fourth-order valence-electron chi connectivity index (χ4n) is 2.31. The zero-order valence-corrected chi connectivity index (χ0v) is 11.1.